The number of nitrogen functional groups attached to an aromatic ring is 1. The van der Waals surface area contributed by atoms with Crippen molar-refractivity contribution in [3.8, 4) is 0 Å². The number of aromatic nitrogens is 4. The van der Waals surface area contributed by atoms with Crippen LogP contribution < -0.4 is 17.0 Å². The van der Waals surface area contributed by atoms with Gasteiger partial charge in [-0.1, -0.05) is 0 Å². The summed E-state index contributed by atoms with van der Waals surface area (Å²) in [5.74, 6) is 5.50. The van der Waals surface area contributed by atoms with E-state index in [2.05, 4.69) is 20.4 Å². The van der Waals surface area contributed by atoms with Gasteiger partial charge >= 0.3 is 0 Å². The topological polar surface area (TPSA) is 161 Å². The van der Waals surface area contributed by atoms with E-state index in [1.54, 1.807) is 4.57 Å². The Hall–Kier alpha value is -1.89. The summed E-state index contributed by atoms with van der Waals surface area (Å²) in [6, 6.07) is 0. The van der Waals surface area contributed by atoms with Crippen LogP contribution in [0, 0.1) is 0 Å². The lowest BCUT2D eigenvalue weighted by Gasteiger charge is -2.22. The Labute approximate surface area is 144 Å². The van der Waals surface area contributed by atoms with Crippen LogP contribution in [0.5, 0.6) is 0 Å². The van der Waals surface area contributed by atoms with Crippen LogP contribution in [0.2, 0.25) is 0 Å². The smallest absolute Gasteiger partial charge is 0.167 e. The first-order valence-corrected chi connectivity index (χ1v) is 8.09. The number of ether oxygens (including phenoxy) is 1. The minimum absolute atomic E-state index is 0.251. The van der Waals surface area contributed by atoms with Gasteiger partial charge in [0.1, 0.15) is 30.2 Å². The zero-order chi connectivity index (χ0) is 18.0. The Kier molecular flexibility index (Phi) is 5.42. The number of nitrogens with one attached hydrogen (secondary N) is 1. The highest BCUT2D eigenvalue weighted by Gasteiger charge is 2.44. The number of hydrogen-bond donors (Lipinski definition) is 5. The quantitative estimate of drug-likeness (QED) is 0.210. The molecule has 0 amide bonds. The van der Waals surface area contributed by atoms with E-state index >= 15 is 0 Å². The summed E-state index contributed by atoms with van der Waals surface area (Å²) < 4.78 is 7.46. The van der Waals surface area contributed by atoms with Gasteiger partial charge in [-0.2, -0.15) is 0 Å². The molecule has 0 aromatic carbocycles. The lowest BCUT2D eigenvalue weighted by atomic mass is 10.1. The maximum absolute atomic E-state index is 10.4. The van der Waals surface area contributed by atoms with Crippen LogP contribution in [0.4, 0.5) is 5.82 Å². The normalized spacial score (nSPS) is 26.8. The fourth-order valence-electron chi connectivity index (χ4n) is 3.02. The molecule has 138 valence electrons. The summed E-state index contributed by atoms with van der Waals surface area (Å²) in [4.78, 5) is 14.2. The predicted octanol–water partition coefficient (Wildman–Crippen LogP) is -2.19. The van der Waals surface area contributed by atoms with Crippen molar-refractivity contribution in [3.05, 3.63) is 12.7 Å². The molecule has 0 saturated carbocycles. The van der Waals surface area contributed by atoms with Crippen molar-refractivity contribution in [2.75, 3.05) is 32.4 Å². The molecule has 1 aliphatic heterocycles. The number of hydrogen-bond acceptors (Lipinski definition) is 10. The van der Waals surface area contributed by atoms with Crippen LogP contribution in [0.25, 0.3) is 11.2 Å². The van der Waals surface area contributed by atoms with Crippen LogP contribution in [0.15, 0.2) is 12.7 Å². The number of anilines is 1. The summed E-state index contributed by atoms with van der Waals surface area (Å²) in [5.41, 5.74) is 9.26. The Morgan fingerprint density at radius 1 is 1.32 bits per heavy atom. The molecule has 11 nitrogen and oxygen atoms in total. The molecule has 3 heterocycles. The zero-order valence-electron chi connectivity index (χ0n) is 14.0. The monoisotopic (exact) mass is 352 g/mol. The molecule has 0 radical (unpaired) electrons. The highest BCUT2D eigenvalue weighted by Crippen LogP contribution is 2.32. The molecule has 2 aromatic rings. The molecule has 1 fully saturated rings. The third-order valence-electron chi connectivity index (χ3n) is 4.35. The number of hydrazine groups is 1. The third-order valence-corrected chi connectivity index (χ3v) is 4.35. The molecule has 0 unspecified atom stereocenters. The van der Waals surface area contributed by atoms with Crippen LogP contribution in [0.3, 0.4) is 0 Å². The largest absolute Gasteiger partial charge is 0.387 e. The number of fused-ring (bicyclic) bond motifs is 1. The molecule has 25 heavy (non-hydrogen) atoms. The summed E-state index contributed by atoms with van der Waals surface area (Å²) >= 11 is 0. The second kappa shape index (κ2) is 7.56. The molecule has 3 rings (SSSR count). The van der Waals surface area contributed by atoms with E-state index in [1.165, 1.54) is 12.7 Å². The van der Waals surface area contributed by atoms with E-state index in [9.17, 15) is 10.2 Å². The first-order valence-electron chi connectivity index (χ1n) is 8.09. The number of aliphatic hydroxyl groups excluding tert-OH is 2. The Bertz CT molecular complexity index is 710. The molecule has 1 saturated heterocycles. The molecule has 0 spiro atoms. The highest BCUT2D eigenvalue weighted by molar-refractivity contribution is 5.81. The van der Waals surface area contributed by atoms with Crippen molar-refractivity contribution in [3.63, 3.8) is 0 Å². The Morgan fingerprint density at radius 3 is 2.88 bits per heavy atom. The lowest BCUT2D eigenvalue weighted by molar-refractivity contribution is -0.0422. The first kappa shape index (κ1) is 17.9. The van der Waals surface area contributed by atoms with Gasteiger partial charge in [0.05, 0.1) is 6.33 Å². The maximum atomic E-state index is 10.4. The Morgan fingerprint density at radius 2 is 2.12 bits per heavy atom. The summed E-state index contributed by atoms with van der Waals surface area (Å²) in [7, 11) is 1.92. The Balaban J connectivity index is 1.72. The number of aliphatic hydroxyl groups is 2. The van der Waals surface area contributed by atoms with Gasteiger partial charge < -0.3 is 25.6 Å². The molecule has 0 bridgehead atoms. The summed E-state index contributed by atoms with van der Waals surface area (Å²) in [6.07, 6.45) is 0.226. The third kappa shape index (κ3) is 3.56. The summed E-state index contributed by atoms with van der Waals surface area (Å²) in [5, 5.41) is 20.8. The molecule has 2 aromatic heterocycles. The van der Waals surface area contributed by atoms with Crippen molar-refractivity contribution in [1.29, 1.82) is 0 Å². The van der Waals surface area contributed by atoms with Crippen molar-refractivity contribution >= 4 is 17.0 Å². The molecule has 11 heteroatoms. The van der Waals surface area contributed by atoms with Crippen molar-refractivity contribution in [2.45, 2.75) is 31.0 Å². The van der Waals surface area contributed by atoms with Gasteiger partial charge in [0, 0.05) is 13.1 Å². The van der Waals surface area contributed by atoms with E-state index in [0.717, 1.165) is 13.0 Å². The highest BCUT2D eigenvalue weighted by atomic mass is 16.6. The number of imidazole rings is 1. The molecule has 7 N–H and O–H groups in total. The van der Waals surface area contributed by atoms with Gasteiger partial charge in [-0.25, -0.2) is 15.0 Å². The zero-order valence-corrected chi connectivity index (χ0v) is 14.0. The fraction of sp³-hybridized carbons (Fsp3) is 0.643. The number of likely N-dealkylation sites (N-methyl/N-ethyl adjacent to an activating group) is 1. The maximum Gasteiger partial charge on any atom is 0.167 e. The van der Waals surface area contributed by atoms with Gasteiger partial charge in [-0.15, -0.1) is 0 Å². The van der Waals surface area contributed by atoms with Crippen molar-refractivity contribution in [2.24, 2.45) is 5.84 Å². The number of nitrogens with zero attached hydrogens (tertiary/aromatic N) is 5. The van der Waals surface area contributed by atoms with Crippen LogP contribution >= 0.6 is 0 Å². The molecule has 1 aliphatic rings. The van der Waals surface area contributed by atoms with Gasteiger partial charge in [0.2, 0.25) is 0 Å². The lowest BCUT2D eigenvalue weighted by Crippen LogP contribution is -2.39. The number of rotatable bonds is 7. The van der Waals surface area contributed by atoms with E-state index in [-0.39, 0.29) is 5.82 Å². The van der Waals surface area contributed by atoms with E-state index in [1.807, 2.05) is 11.9 Å². The van der Waals surface area contributed by atoms with Crippen LogP contribution in [-0.2, 0) is 4.74 Å². The fourth-order valence-corrected chi connectivity index (χ4v) is 3.02. The summed E-state index contributed by atoms with van der Waals surface area (Å²) in [6.45, 7) is 1.96. The minimum atomic E-state index is -1.10. The van der Waals surface area contributed by atoms with E-state index < -0.39 is 24.5 Å². The van der Waals surface area contributed by atoms with Crippen molar-refractivity contribution < 1.29 is 14.9 Å². The molecule has 4 atom stereocenters. The SMILES string of the molecule is CN(CCCNN)C[C@H]1O[C@@H](n2cnc3c(N)ncnc32)[C@H](O)[C@@H]1O. The number of nitrogens with two attached hydrogens (primary N) is 2. The first-order chi connectivity index (χ1) is 12.0. The standard InChI is InChI=1S/C14H24N8O3/c1-21(4-2-3-20-16)5-8-10(23)11(24)14(25-8)22-7-19-9-12(15)17-6-18-13(9)22/h6-8,10-11,14,20,23-24H,2-5,16H2,1H3,(H2,15,17,18)/t8-,10-,11-,14-/m1/s1. The van der Waals surface area contributed by atoms with Crippen molar-refractivity contribution in [1.82, 2.24) is 29.8 Å². The molecular formula is C14H24N8O3. The van der Waals surface area contributed by atoms with E-state index in [4.69, 9.17) is 16.3 Å². The second-order valence-electron chi connectivity index (χ2n) is 6.20. The van der Waals surface area contributed by atoms with Crippen LogP contribution in [0.1, 0.15) is 12.6 Å². The average Bonchev–Trinajstić information content (AvgIpc) is 3.13. The predicted molar refractivity (Wildman–Crippen MR) is 90.0 cm³/mol. The minimum Gasteiger partial charge on any atom is -0.387 e. The molecular weight excluding hydrogens is 328 g/mol. The van der Waals surface area contributed by atoms with Gasteiger partial charge in [0.15, 0.2) is 17.7 Å². The second-order valence-corrected chi connectivity index (χ2v) is 6.20. The molecule has 0 aliphatic carbocycles. The van der Waals surface area contributed by atoms with Gasteiger partial charge in [0.25, 0.3) is 0 Å². The van der Waals surface area contributed by atoms with Gasteiger partial charge in [-0.3, -0.25) is 15.8 Å². The van der Waals surface area contributed by atoms with E-state index in [0.29, 0.717) is 24.3 Å². The van der Waals surface area contributed by atoms with Gasteiger partial charge in [-0.05, 0) is 20.0 Å². The van der Waals surface area contributed by atoms with Crippen LogP contribution in [-0.4, -0.2) is 79.6 Å². The average molecular weight is 352 g/mol.